The van der Waals surface area contributed by atoms with Crippen molar-refractivity contribution in [3.63, 3.8) is 0 Å². The van der Waals surface area contributed by atoms with E-state index in [1.54, 1.807) is 30.3 Å². The summed E-state index contributed by atoms with van der Waals surface area (Å²) in [7, 11) is 0.696. The molecule has 0 fully saturated rings. The number of aromatic nitrogens is 2. The van der Waals surface area contributed by atoms with Gasteiger partial charge in [-0.2, -0.15) is 22.0 Å². The number of rotatable bonds is 5. The van der Waals surface area contributed by atoms with Crippen LogP contribution in [0.1, 0.15) is 17.0 Å². The SMILES string of the molecule is O=c1c2c(O)c(O)ccc2nc(Cc2ccccc2)n1-c1ccc(C(O)(C(F)(F)F)C(F)(F)P)cc1. The molecule has 3 N–H and O–H groups in total. The van der Waals surface area contributed by atoms with Crippen LogP contribution in [-0.2, 0) is 12.0 Å². The van der Waals surface area contributed by atoms with Crippen LogP contribution in [0.5, 0.6) is 11.5 Å². The van der Waals surface area contributed by atoms with Crippen LogP contribution in [-0.4, -0.2) is 36.7 Å². The molecule has 2 unspecified atom stereocenters. The molecule has 4 aromatic rings. The molecule has 6 nitrogen and oxygen atoms in total. The Hall–Kier alpha value is -3.56. The van der Waals surface area contributed by atoms with Crippen LogP contribution in [0.4, 0.5) is 22.0 Å². The zero-order chi connectivity index (χ0) is 26.5. The molecule has 0 bridgehead atoms. The number of aliphatic hydroxyl groups is 1. The lowest BCUT2D eigenvalue weighted by Crippen LogP contribution is -2.53. The van der Waals surface area contributed by atoms with Gasteiger partial charge >= 0.3 is 6.18 Å². The zero-order valence-corrected chi connectivity index (χ0v) is 19.3. The van der Waals surface area contributed by atoms with Gasteiger partial charge in [0.2, 0.25) is 0 Å². The summed E-state index contributed by atoms with van der Waals surface area (Å²) in [5, 5.41) is 29.8. The standard InChI is InChI=1S/C24H18F5N2O4P/c25-23(26,27)22(35,24(28,29)36)14-6-8-15(9-7-14)31-18(12-13-4-2-1-3-5-13)30-16-10-11-17(32)20(33)19(16)21(31)34/h1-11,32-33,35H,12,36H2. The Bertz CT molecular complexity index is 1470. The van der Waals surface area contributed by atoms with Gasteiger partial charge in [0, 0.05) is 6.42 Å². The van der Waals surface area contributed by atoms with Gasteiger partial charge in [0.1, 0.15) is 11.2 Å². The van der Waals surface area contributed by atoms with Gasteiger partial charge < -0.3 is 15.3 Å². The summed E-state index contributed by atoms with van der Waals surface area (Å²) >= 11 is 0. The van der Waals surface area contributed by atoms with Crippen molar-refractivity contribution in [3.8, 4) is 17.2 Å². The maximum atomic E-state index is 13.9. The minimum atomic E-state index is -5.72. The van der Waals surface area contributed by atoms with Gasteiger partial charge in [-0.3, -0.25) is 9.36 Å². The Morgan fingerprint density at radius 3 is 2.06 bits per heavy atom. The van der Waals surface area contributed by atoms with E-state index in [-0.39, 0.29) is 28.8 Å². The molecular weight excluding hydrogens is 506 g/mol. The number of fused-ring (bicyclic) bond motifs is 1. The number of alkyl halides is 5. The predicted octanol–water partition coefficient (Wildman–Crippen LogP) is 4.61. The molecule has 0 aliphatic rings. The molecule has 0 saturated carbocycles. The third kappa shape index (κ3) is 4.18. The molecule has 0 aliphatic heterocycles. The number of nitrogens with zero attached hydrogens (tertiary/aromatic N) is 2. The van der Waals surface area contributed by atoms with Gasteiger partial charge in [0.15, 0.2) is 11.5 Å². The molecular formula is C24H18F5N2O4P. The van der Waals surface area contributed by atoms with E-state index in [4.69, 9.17) is 0 Å². The summed E-state index contributed by atoms with van der Waals surface area (Å²) < 4.78 is 69.2. The maximum Gasteiger partial charge on any atom is 0.427 e. The van der Waals surface area contributed by atoms with Crippen LogP contribution in [0.25, 0.3) is 16.6 Å². The largest absolute Gasteiger partial charge is 0.504 e. The molecule has 36 heavy (non-hydrogen) atoms. The van der Waals surface area contributed by atoms with Crippen LogP contribution >= 0.6 is 9.24 Å². The topological polar surface area (TPSA) is 95.6 Å². The maximum absolute atomic E-state index is 13.9. The van der Waals surface area contributed by atoms with Gasteiger partial charge in [0.25, 0.3) is 16.8 Å². The second-order valence-electron chi connectivity index (χ2n) is 8.04. The van der Waals surface area contributed by atoms with Crippen LogP contribution in [0.2, 0.25) is 0 Å². The average molecular weight is 524 g/mol. The molecule has 3 aromatic carbocycles. The Labute approximate surface area is 202 Å². The van der Waals surface area contributed by atoms with Crippen molar-refractivity contribution < 1.29 is 37.3 Å². The number of phenols is 2. The highest BCUT2D eigenvalue weighted by Crippen LogP contribution is 2.52. The van der Waals surface area contributed by atoms with Crippen LogP contribution in [0.15, 0.2) is 71.5 Å². The molecule has 0 aliphatic carbocycles. The summed E-state index contributed by atoms with van der Waals surface area (Å²) in [4.78, 5) is 17.8. The Kier molecular flexibility index (Phi) is 6.26. The third-order valence-electron chi connectivity index (χ3n) is 5.70. The number of halogens is 5. The van der Waals surface area contributed by atoms with E-state index in [1.807, 2.05) is 0 Å². The van der Waals surface area contributed by atoms with Gasteiger partial charge in [-0.1, -0.05) is 51.7 Å². The lowest BCUT2D eigenvalue weighted by atomic mass is 9.93. The average Bonchev–Trinajstić information content (AvgIpc) is 2.80. The molecule has 12 heteroatoms. The fraction of sp³-hybridized carbons (Fsp3) is 0.167. The van der Waals surface area contributed by atoms with E-state index in [0.29, 0.717) is 21.4 Å². The van der Waals surface area contributed by atoms with Crippen molar-refractivity contribution in [3.05, 3.63) is 94.0 Å². The van der Waals surface area contributed by atoms with Crippen molar-refractivity contribution in [1.29, 1.82) is 0 Å². The number of benzene rings is 3. The molecule has 0 saturated heterocycles. The number of hydrogen-bond donors (Lipinski definition) is 3. The molecule has 188 valence electrons. The fourth-order valence-electron chi connectivity index (χ4n) is 3.85. The van der Waals surface area contributed by atoms with Crippen molar-refractivity contribution in [2.24, 2.45) is 0 Å². The van der Waals surface area contributed by atoms with Crippen molar-refractivity contribution in [2.75, 3.05) is 0 Å². The molecule has 0 radical (unpaired) electrons. The second kappa shape index (κ2) is 8.83. The first-order valence-electron chi connectivity index (χ1n) is 10.3. The number of phenolic OH excluding ortho intramolecular Hbond substituents is 2. The molecule has 1 heterocycles. The van der Waals surface area contributed by atoms with Crippen LogP contribution < -0.4 is 5.56 Å². The molecule has 0 spiro atoms. The predicted molar refractivity (Wildman–Crippen MR) is 125 cm³/mol. The first-order valence-corrected chi connectivity index (χ1v) is 10.9. The Morgan fingerprint density at radius 1 is 0.889 bits per heavy atom. The summed E-state index contributed by atoms with van der Waals surface area (Å²) in [5.41, 5.74) is -10.4. The molecule has 2 atom stereocenters. The minimum absolute atomic E-state index is 0.0585. The lowest BCUT2D eigenvalue weighted by molar-refractivity contribution is -0.315. The van der Waals surface area contributed by atoms with Gasteiger partial charge in [-0.05, 0) is 35.4 Å². The van der Waals surface area contributed by atoms with Gasteiger partial charge in [-0.25, -0.2) is 4.98 Å². The van der Waals surface area contributed by atoms with E-state index < -0.39 is 40.1 Å². The number of hydrogen-bond acceptors (Lipinski definition) is 5. The normalized spacial score (nSPS) is 14.1. The Balaban J connectivity index is 1.95. The quantitative estimate of drug-likeness (QED) is 0.202. The van der Waals surface area contributed by atoms with Crippen molar-refractivity contribution in [2.45, 2.75) is 23.9 Å². The summed E-state index contributed by atoms with van der Waals surface area (Å²) in [6.07, 6.45) is -5.63. The van der Waals surface area contributed by atoms with Crippen LogP contribution in [0.3, 0.4) is 0 Å². The molecule has 1 aromatic heterocycles. The van der Waals surface area contributed by atoms with E-state index in [2.05, 4.69) is 4.98 Å². The highest BCUT2D eigenvalue weighted by Gasteiger charge is 2.67. The summed E-state index contributed by atoms with van der Waals surface area (Å²) in [6.45, 7) is 0. The summed E-state index contributed by atoms with van der Waals surface area (Å²) in [6, 6.07) is 14.4. The number of aromatic hydroxyl groups is 2. The molecule has 4 rings (SSSR count). The monoisotopic (exact) mass is 524 g/mol. The fourth-order valence-corrected chi connectivity index (χ4v) is 4.18. The molecule has 0 amide bonds. The van der Waals surface area contributed by atoms with Gasteiger partial charge in [-0.15, -0.1) is 0 Å². The lowest BCUT2D eigenvalue weighted by Gasteiger charge is -2.35. The van der Waals surface area contributed by atoms with E-state index in [9.17, 15) is 42.1 Å². The Morgan fingerprint density at radius 2 is 1.50 bits per heavy atom. The van der Waals surface area contributed by atoms with E-state index >= 15 is 0 Å². The summed E-state index contributed by atoms with van der Waals surface area (Å²) in [5.74, 6) is -1.20. The zero-order valence-electron chi connectivity index (χ0n) is 18.2. The smallest absolute Gasteiger partial charge is 0.427 e. The van der Waals surface area contributed by atoms with Crippen molar-refractivity contribution in [1.82, 2.24) is 9.55 Å². The highest BCUT2D eigenvalue weighted by atomic mass is 31.0. The highest BCUT2D eigenvalue weighted by molar-refractivity contribution is 7.18. The first-order chi connectivity index (χ1) is 16.8. The third-order valence-corrected chi connectivity index (χ3v) is 6.12. The minimum Gasteiger partial charge on any atom is -0.504 e. The first kappa shape index (κ1) is 25.5. The van der Waals surface area contributed by atoms with Crippen molar-refractivity contribution >= 4 is 20.1 Å². The van der Waals surface area contributed by atoms with E-state index in [1.165, 1.54) is 6.07 Å². The van der Waals surface area contributed by atoms with Crippen LogP contribution in [0, 0.1) is 0 Å². The second-order valence-corrected chi connectivity index (χ2v) is 8.76. The van der Waals surface area contributed by atoms with Gasteiger partial charge in [0.05, 0.1) is 11.2 Å². The van der Waals surface area contributed by atoms with E-state index in [0.717, 1.165) is 28.3 Å².